The van der Waals surface area contributed by atoms with Crippen LogP contribution >= 0.6 is 0 Å². The van der Waals surface area contributed by atoms with E-state index in [0.717, 1.165) is 16.0 Å². The molecule has 0 radical (unpaired) electrons. The van der Waals surface area contributed by atoms with E-state index in [9.17, 15) is 19.2 Å². The molecule has 0 saturated heterocycles. The molecule has 9 nitrogen and oxygen atoms in total. The van der Waals surface area contributed by atoms with Crippen LogP contribution in [0.3, 0.4) is 0 Å². The quantitative estimate of drug-likeness (QED) is 0.314. The highest BCUT2D eigenvalue weighted by molar-refractivity contribution is 5.94. The number of rotatable bonds is 9. The van der Waals surface area contributed by atoms with E-state index in [4.69, 9.17) is 11.2 Å². The summed E-state index contributed by atoms with van der Waals surface area (Å²) >= 11 is 0. The summed E-state index contributed by atoms with van der Waals surface area (Å²) < 4.78 is 9.91. The number of esters is 1. The molecule has 2 N–H and O–H groups in total. The minimum absolute atomic E-state index is 0.315. The van der Waals surface area contributed by atoms with Crippen LogP contribution in [0.5, 0.6) is 0 Å². The number of alkyl carbamates (subject to hydrolysis) is 1. The van der Waals surface area contributed by atoms with Crippen molar-refractivity contribution in [3.63, 3.8) is 0 Å². The van der Waals surface area contributed by atoms with Crippen LogP contribution in [0.4, 0.5) is 4.79 Å². The van der Waals surface area contributed by atoms with Crippen molar-refractivity contribution in [2.45, 2.75) is 72.6 Å². The minimum atomic E-state index is -1.25. The van der Waals surface area contributed by atoms with Gasteiger partial charge in [-0.05, 0) is 57.2 Å². The van der Waals surface area contributed by atoms with Gasteiger partial charge in [0.2, 0.25) is 5.91 Å². The van der Waals surface area contributed by atoms with Gasteiger partial charge < -0.3 is 20.1 Å². The summed E-state index contributed by atoms with van der Waals surface area (Å²) in [7, 11) is 1.20. The molecule has 9 heteroatoms. The summed E-state index contributed by atoms with van der Waals surface area (Å²) in [6, 6.07) is 5.29. The molecule has 3 unspecified atom stereocenters. The Kier molecular flexibility index (Phi) is 10.8. The molecule has 0 aliphatic rings. The predicted molar refractivity (Wildman–Crippen MR) is 132 cm³/mol. The number of hydrogen-bond acceptors (Lipinski definition) is 6. The van der Waals surface area contributed by atoms with Crippen LogP contribution in [-0.4, -0.2) is 54.1 Å². The van der Waals surface area contributed by atoms with Crippen LogP contribution in [0.15, 0.2) is 18.2 Å². The van der Waals surface area contributed by atoms with E-state index < -0.39 is 48.1 Å². The van der Waals surface area contributed by atoms with Gasteiger partial charge in [-0.1, -0.05) is 44.9 Å². The molecule has 3 atom stereocenters. The van der Waals surface area contributed by atoms with Gasteiger partial charge in [0.25, 0.3) is 5.91 Å². The van der Waals surface area contributed by atoms with Gasteiger partial charge >= 0.3 is 12.1 Å². The lowest BCUT2D eigenvalue weighted by Gasteiger charge is -2.32. The van der Waals surface area contributed by atoms with Crippen molar-refractivity contribution in [2.24, 2.45) is 5.92 Å². The molecule has 0 aromatic heterocycles. The standard InChI is InChI=1S/C26H37N3O6/c1-10-16(3)21(28-25(33)35-26(6,7)8)24(32)29(11-2)22(23(31)27-15-20(30)34-9)19-13-12-17(4)18(5)14-19/h2,12-14,16,21-22H,10,15H2,1,3-9H3,(H,27,31)(H,28,33). The van der Waals surface area contributed by atoms with E-state index in [0.29, 0.717) is 12.0 Å². The van der Waals surface area contributed by atoms with Gasteiger partial charge in [-0.15, -0.1) is 0 Å². The number of amides is 3. The van der Waals surface area contributed by atoms with Crippen molar-refractivity contribution in [2.75, 3.05) is 13.7 Å². The summed E-state index contributed by atoms with van der Waals surface area (Å²) in [4.78, 5) is 51.9. The van der Waals surface area contributed by atoms with Gasteiger partial charge in [-0.3, -0.25) is 19.3 Å². The number of carbonyl (C=O) groups excluding carboxylic acids is 4. The molecule has 1 aromatic carbocycles. The van der Waals surface area contributed by atoms with Crippen LogP contribution in [0.1, 0.15) is 63.8 Å². The molecule has 0 spiro atoms. The lowest BCUT2D eigenvalue weighted by Crippen LogP contribution is -2.54. The Bertz CT molecular complexity index is 976. The SMILES string of the molecule is C#CN(C(=O)C(NC(=O)OC(C)(C)C)C(C)CC)C(C(=O)NCC(=O)OC)c1ccc(C)c(C)c1. The zero-order valence-corrected chi connectivity index (χ0v) is 21.9. The molecule has 192 valence electrons. The number of benzene rings is 1. The number of methoxy groups -OCH3 is 1. The average Bonchev–Trinajstić information content (AvgIpc) is 2.78. The van der Waals surface area contributed by atoms with Gasteiger partial charge in [0.05, 0.1) is 7.11 Å². The topological polar surface area (TPSA) is 114 Å². The number of aryl methyl sites for hydroxylation is 2. The van der Waals surface area contributed by atoms with Crippen LogP contribution in [0.2, 0.25) is 0 Å². The number of ether oxygens (including phenoxy) is 2. The second-order valence-electron chi connectivity index (χ2n) is 9.39. The number of nitrogens with zero attached hydrogens (tertiary/aromatic N) is 1. The third-order valence-corrected chi connectivity index (χ3v) is 5.52. The molecule has 0 aliphatic carbocycles. The van der Waals surface area contributed by atoms with Crippen LogP contribution in [0.25, 0.3) is 0 Å². The highest BCUT2D eigenvalue weighted by Gasteiger charge is 2.38. The molecule has 1 rings (SSSR count). The van der Waals surface area contributed by atoms with Crippen LogP contribution in [0, 0.1) is 32.2 Å². The fourth-order valence-corrected chi connectivity index (χ4v) is 3.21. The molecule has 0 saturated carbocycles. The van der Waals surface area contributed by atoms with E-state index in [-0.39, 0.29) is 5.92 Å². The zero-order chi connectivity index (χ0) is 26.9. The second kappa shape index (κ2) is 12.8. The first-order valence-corrected chi connectivity index (χ1v) is 11.5. The smallest absolute Gasteiger partial charge is 0.408 e. The molecular weight excluding hydrogens is 450 g/mol. The van der Waals surface area contributed by atoms with Crippen molar-refractivity contribution in [1.29, 1.82) is 0 Å². The number of hydrogen-bond donors (Lipinski definition) is 2. The molecular formula is C26H37N3O6. The first-order valence-electron chi connectivity index (χ1n) is 11.5. The van der Waals surface area contributed by atoms with Crippen molar-refractivity contribution in [1.82, 2.24) is 15.5 Å². The van der Waals surface area contributed by atoms with E-state index >= 15 is 0 Å². The second-order valence-corrected chi connectivity index (χ2v) is 9.39. The van der Waals surface area contributed by atoms with Gasteiger partial charge in [-0.25, -0.2) is 4.79 Å². The summed E-state index contributed by atoms with van der Waals surface area (Å²) in [6.45, 7) is 12.2. The summed E-state index contributed by atoms with van der Waals surface area (Å²) in [5, 5.41) is 5.08. The first-order chi connectivity index (χ1) is 16.2. The van der Waals surface area contributed by atoms with Gasteiger partial charge in [0.15, 0.2) is 0 Å². The lowest BCUT2D eigenvalue weighted by atomic mass is 9.95. The van der Waals surface area contributed by atoms with E-state index in [1.165, 1.54) is 7.11 Å². The third kappa shape index (κ3) is 8.63. The predicted octanol–water partition coefficient (Wildman–Crippen LogP) is 2.99. The highest BCUT2D eigenvalue weighted by atomic mass is 16.6. The number of nitrogens with one attached hydrogen (secondary N) is 2. The average molecular weight is 488 g/mol. The maximum atomic E-state index is 13.7. The Morgan fingerprint density at radius 2 is 1.77 bits per heavy atom. The maximum Gasteiger partial charge on any atom is 0.408 e. The molecule has 3 amide bonds. The molecule has 0 fully saturated rings. The Balaban J connectivity index is 3.44. The van der Waals surface area contributed by atoms with Crippen LogP contribution < -0.4 is 10.6 Å². The van der Waals surface area contributed by atoms with Crippen molar-refractivity contribution < 1.29 is 28.7 Å². The summed E-state index contributed by atoms with van der Waals surface area (Å²) in [5.74, 6) is -2.28. The van der Waals surface area contributed by atoms with E-state index in [1.807, 2.05) is 26.8 Å². The van der Waals surface area contributed by atoms with Crippen molar-refractivity contribution >= 4 is 23.9 Å². The van der Waals surface area contributed by atoms with E-state index in [2.05, 4.69) is 21.4 Å². The number of terminal acetylenes is 1. The normalized spacial score (nSPS) is 13.5. The van der Waals surface area contributed by atoms with Crippen LogP contribution in [-0.2, 0) is 23.9 Å². The first kappa shape index (κ1) is 29.5. The summed E-state index contributed by atoms with van der Waals surface area (Å²) in [6.07, 6.45) is 5.53. The maximum absolute atomic E-state index is 13.7. The Morgan fingerprint density at radius 1 is 1.14 bits per heavy atom. The van der Waals surface area contributed by atoms with E-state index in [1.54, 1.807) is 39.8 Å². The summed E-state index contributed by atoms with van der Waals surface area (Å²) in [5.41, 5.74) is 1.57. The molecule has 35 heavy (non-hydrogen) atoms. The van der Waals surface area contributed by atoms with Gasteiger partial charge in [0, 0.05) is 6.04 Å². The van der Waals surface area contributed by atoms with Crippen molar-refractivity contribution in [3.8, 4) is 12.5 Å². The van der Waals surface area contributed by atoms with Gasteiger partial charge in [0.1, 0.15) is 24.2 Å². The highest BCUT2D eigenvalue weighted by Crippen LogP contribution is 2.25. The molecule has 0 heterocycles. The fraction of sp³-hybridized carbons (Fsp3) is 0.538. The Hall–Kier alpha value is -3.54. The molecule has 0 bridgehead atoms. The van der Waals surface area contributed by atoms with Gasteiger partial charge in [-0.2, -0.15) is 0 Å². The molecule has 0 aliphatic heterocycles. The zero-order valence-electron chi connectivity index (χ0n) is 21.9. The Labute approximate surface area is 207 Å². The van der Waals surface area contributed by atoms with Crippen molar-refractivity contribution in [3.05, 3.63) is 34.9 Å². The minimum Gasteiger partial charge on any atom is -0.468 e. The Morgan fingerprint density at radius 3 is 2.26 bits per heavy atom. The monoisotopic (exact) mass is 487 g/mol. The third-order valence-electron chi connectivity index (χ3n) is 5.52. The fourth-order valence-electron chi connectivity index (χ4n) is 3.21. The largest absolute Gasteiger partial charge is 0.468 e. The molecule has 1 aromatic rings. The number of carbonyl (C=O) groups is 4. The lowest BCUT2D eigenvalue weighted by molar-refractivity contribution is -0.143.